The molecule has 0 saturated carbocycles. The van der Waals surface area contributed by atoms with Crippen molar-refractivity contribution < 1.29 is 4.79 Å². The molecule has 0 unspecified atom stereocenters. The lowest BCUT2D eigenvalue weighted by atomic mass is 9.95. The van der Waals surface area contributed by atoms with Crippen LogP contribution in [-0.2, 0) is 0 Å². The molecule has 2 amide bonds. The summed E-state index contributed by atoms with van der Waals surface area (Å²) in [6.45, 7) is 5.66. The standard InChI is InChI=1S/C32H40N2O/c1-3-5-10-19-28(25-27-17-11-7-12-18-27)26-34(32(35)33-24-6-4-2)31(29-20-13-8-14-21-29)30-22-15-9-16-23-30/h7-9,11-18,20-23,25,31H,3-6,10,19,24,26H2,1-2H3,(H,33,35). The highest BCUT2D eigenvalue weighted by Gasteiger charge is 2.27. The van der Waals surface area contributed by atoms with Gasteiger partial charge >= 0.3 is 6.03 Å². The summed E-state index contributed by atoms with van der Waals surface area (Å²) in [4.78, 5) is 15.7. The zero-order valence-electron chi connectivity index (χ0n) is 21.3. The maximum atomic E-state index is 13.7. The first kappa shape index (κ1) is 26.3. The normalized spacial score (nSPS) is 11.5. The van der Waals surface area contributed by atoms with Crippen molar-refractivity contribution in [2.24, 2.45) is 0 Å². The van der Waals surface area contributed by atoms with Crippen LogP contribution < -0.4 is 5.32 Å². The Balaban J connectivity index is 2.01. The number of hydrogen-bond donors (Lipinski definition) is 1. The second-order valence-electron chi connectivity index (χ2n) is 9.11. The summed E-state index contributed by atoms with van der Waals surface area (Å²) in [5, 5.41) is 3.20. The second kappa shape index (κ2) is 14.8. The number of amides is 2. The highest BCUT2D eigenvalue weighted by Crippen LogP contribution is 2.30. The van der Waals surface area contributed by atoms with Crippen LogP contribution in [0.15, 0.2) is 96.6 Å². The molecule has 184 valence electrons. The van der Waals surface area contributed by atoms with E-state index in [4.69, 9.17) is 0 Å². The first-order chi connectivity index (χ1) is 17.2. The van der Waals surface area contributed by atoms with Crippen LogP contribution in [0.25, 0.3) is 6.08 Å². The van der Waals surface area contributed by atoms with Crippen molar-refractivity contribution in [1.82, 2.24) is 10.2 Å². The van der Waals surface area contributed by atoms with E-state index in [2.05, 4.69) is 98.0 Å². The van der Waals surface area contributed by atoms with Gasteiger partial charge in [-0.2, -0.15) is 0 Å². The zero-order valence-corrected chi connectivity index (χ0v) is 21.3. The van der Waals surface area contributed by atoms with E-state index < -0.39 is 0 Å². The highest BCUT2D eigenvalue weighted by molar-refractivity contribution is 5.76. The fraction of sp³-hybridized carbons (Fsp3) is 0.344. The van der Waals surface area contributed by atoms with Gasteiger partial charge in [0.2, 0.25) is 0 Å². The fourth-order valence-corrected chi connectivity index (χ4v) is 4.38. The molecule has 0 spiro atoms. The molecule has 0 heterocycles. The van der Waals surface area contributed by atoms with E-state index in [-0.39, 0.29) is 12.1 Å². The highest BCUT2D eigenvalue weighted by atomic mass is 16.2. The molecule has 0 saturated heterocycles. The Hall–Kier alpha value is -3.33. The fourth-order valence-electron chi connectivity index (χ4n) is 4.38. The number of carbonyl (C=O) groups excluding carboxylic acids is 1. The predicted octanol–water partition coefficient (Wildman–Crippen LogP) is 8.25. The summed E-state index contributed by atoms with van der Waals surface area (Å²) in [7, 11) is 0. The first-order valence-electron chi connectivity index (χ1n) is 13.1. The van der Waals surface area contributed by atoms with E-state index in [1.807, 2.05) is 23.1 Å². The zero-order chi connectivity index (χ0) is 24.7. The first-order valence-corrected chi connectivity index (χ1v) is 13.1. The Morgan fingerprint density at radius 2 is 1.31 bits per heavy atom. The Labute approximate surface area is 211 Å². The van der Waals surface area contributed by atoms with Gasteiger partial charge in [0, 0.05) is 13.1 Å². The number of unbranched alkanes of at least 4 members (excludes halogenated alkanes) is 3. The summed E-state index contributed by atoms with van der Waals surface area (Å²) in [6.07, 6.45) is 8.78. The summed E-state index contributed by atoms with van der Waals surface area (Å²) in [5.41, 5.74) is 4.71. The third-order valence-corrected chi connectivity index (χ3v) is 6.25. The molecule has 3 aromatic carbocycles. The number of benzene rings is 3. The van der Waals surface area contributed by atoms with E-state index in [1.165, 1.54) is 24.0 Å². The topological polar surface area (TPSA) is 32.3 Å². The van der Waals surface area contributed by atoms with Gasteiger partial charge in [-0.05, 0) is 36.0 Å². The molecular weight excluding hydrogens is 428 g/mol. The lowest BCUT2D eigenvalue weighted by molar-refractivity contribution is 0.189. The Kier molecular flexibility index (Phi) is 11.1. The van der Waals surface area contributed by atoms with Crippen molar-refractivity contribution >= 4 is 12.1 Å². The van der Waals surface area contributed by atoms with Crippen LogP contribution in [0.3, 0.4) is 0 Å². The van der Waals surface area contributed by atoms with E-state index in [1.54, 1.807) is 0 Å². The van der Waals surface area contributed by atoms with Gasteiger partial charge in [-0.1, -0.05) is 136 Å². The van der Waals surface area contributed by atoms with Crippen molar-refractivity contribution in [1.29, 1.82) is 0 Å². The molecule has 3 heteroatoms. The molecule has 1 N–H and O–H groups in total. The second-order valence-corrected chi connectivity index (χ2v) is 9.11. The van der Waals surface area contributed by atoms with Crippen LogP contribution in [0.5, 0.6) is 0 Å². The molecule has 0 aromatic heterocycles. The monoisotopic (exact) mass is 468 g/mol. The molecule has 0 aliphatic carbocycles. The third-order valence-electron chi connectivity index (χ3n) is 6.25. The Bertz CT molecular complexity index is 976. The van der Waals surface area contributed by atoms with Gasteiger partial charge in [0.15, 0.2) is 0 Å². The smallest absolute Gasteiger partial charge is 0.318 e. The number of carbonyl (C=O) groups is 1. The van der Waals surface area contributed by atoms with Crippen molar-refractivity contribution in [2.75, 3.05) is 13.1 Å². The van der Waals surface area contributed by atoms with Crippen molar-refractivity contribution in [3.63, 3.8) is 0 Å². The number of rotatable bonds is 13. The molecule has 0 radical (unpaired) electrons. The minimum atomic E-state index is -0.163. The average molecular weight is 469 g/mol. The molecule has 0 aliphatic rings. The summed E-state index contributed by atoms with van der Waals surface area (Å²) in [6, 6.07) is 31.1. The summed E-state index contributed by atoms with van der Waals surface area (Å²) < 4.78 is 0. The number of nitrogens with one attached hydrogen (secondary N) is 1. The van der Waals surface area contributed by atoms with Crippen molar-refractivity contribution in [3.8, 4) is 0 Å². The van der Waals surface area contributed by atoms with Gasteiger partial charge in [0.25, 0.3) is 0 Å². The van der Waals surface area contributed by atoms with E-state index in [9.17, 15) is 4.79 Å². The van der Waals surface area contributed by atoms with Crippen LogP contribution in [0, 0.1) is 0 Å². The molecule has 0 fully saturated rings. The Morgan fingerprint density at radius 3 is 1.86 bits per heavy atom. The molecule has 0 bridgehead atoms. The molecule has 3 aromatic rings. The predicted molar refractivity (Wildman–Crippen MR) is 148 cm³/mol. The molecular formula is C32H40N2O. The maximum Gasteiger partial charge on any atom is 0.318 e. The number of hydrogen-bond acceptors (Lipinski definition) is 1. The molecule has 3 rings (SSSR count). The van der Waals surface area contributed by atoms with Crippen LogP contribution in [0.1, 0.15) is 75.1 Å². The minimum absolute atomic E-state index is 0.00870. The lowest BCUT2D eigenvalue weighted by Crippen LogP contribution is -2.44. The van der Waals surface area contributed by atoms with Gasteiger partial charge in [0.05, 0.1) is 6.04 Å². The van der Waals surface area contributed by atoms with E-state index >= 15 is 0 Å². The van der Waals surface area contributed by atoms with Gasteiger partial charge in [-0.3, -0.25) is 0 Å². The van der Waals surface area contributed by atoms with Gasteiger partial charge < -0.3 is 10.2 Å². The lowest BCUT2D eigenvalue weighted by Gasteiger charge is -2.34. The van der Waals surface area contributed by atoms with Crippen LogP contribution in [0.2, 0.25) is 0 Å². The maximum absolute atomic E-state index is 13.7. The summed E-state index contributed by atoms with van der Waals surface area (Å²) in [5.74, 6) is 0. The van der Waals surface area contributed by atoms with Gasteiger partial charge in [-0.15, -0.1) is 0 Å². The van der Waals surface area contributed by atoms with E-state index in [0.29, 0.717) is 13.1 Å². The van der Waals surface area contributed by atoms with E-state index in [0.717, 1.165) is 36.8 Å². The quantitative estimate of drug-likeness (QED) is 0.252. The van der Waals surface area contributed by atoms with Crippen molar-refractivity contribution in [2.45, 2.75) is 58.4 Å². The number of nitrogens with zero attached hydrogens (tertiary/aromatic N) is 1. The van der Waals surface area contributed by atoms with Crippen LogP contribution in [0.4, 0.5) is 4.79 Å². The Morgan fingerprint density at radius 1 is 0.771 bits per heavy atom. The average Bonchev–Trinajstić information content (AvgIpc) is 2.90. The SMILES string of the molecule is CCCCCC(=Cc1ccccc1)CN(C(=O)NCCCC)C(c1ccccc1)c1ccccc1. The molecule has 3 nitrogen and oxygen atoms in total. The van der Waals surface area contributed by atoms with Crippen LogP contribution >= 0.6 is 0 Å². The third kappa shape index (κ3) is 8.43. The van der Waals surface area contributed by atoms with Gasteiger partial charge in [-0.25, -0.2) is 4.79 Å². The molecule has 35 heavy (non-hydrogen) atoms. The summed E-state index contributed by atoms with van der Waals surface area (Å²) >= 11 is 0. The van der Waals surface area contributed by atoms with Crippen LogP contribution in [-0.4, -0.2) is 24.0 Å². The largest absolute Gasteiger partial charge is 0.338 e. The molecule has 0 atom stereocenters. The minimum Gasteiger partial charge on any atom is -0.338 e. The van der Waals surface area contributed by atoms with Gasteiger partial charge in [0.1, 0.15) is 0 Å². The van der Waals surface area contributed by atoms with Crippen molar-refractivity contribution in [3.05, 3.63) is 113 Å². The number of urea groups is 1. The molecule has 0 aliphatic heterocycles.